The minimum Gasteiger partial charge on any atom is -0.398 e. The van der Waals surface area contributed by atoms with Gasteiger partial charge in [-0.1, -0.05) is 6.07 Å². The zero-order chi connectivity index (χ0) is 13.2. The summed E-state index contributed by atoms with van der Waals surface area (Å²) in [5.74, 6) is -0.184. The zero-order valence-corrected chi connectivity index (χ0v) is 11.0. The van der Waals surface area contributed by atoms with Crippen LogP contribution in [0.4, 0.5) is 11.4 Å². The van der Waals surface area contributed by atoms with Crippen molar-refractivity contribution < 1.29 is 9.53 Å². The van der Waals surface area contributed by atoms with E-state index in [4.69, 9.17) is 10.5 Å². The van der Waals surface area contributed by atoms with E-state index in [-0.39, 0.29) is 5.91 Å². The molecule has 0 saturated heterocycles. The molecule has 0 bridgehead atoms. The monoisotopic (exact) mass is 236 g/mol. The Bertz CT molecular complexity index is 439. The standard InChI is InChI=1S/C13H20N2O2/c1-8-6-7-10(14)9(2)11(8)15-12(16)13(3,4)17-5/h6-7H,14H2,1-5H3,(H,15,16). The number of ether oxygens (including phenoxy) is 1. The SMILES string of the molecule is COC(C)(C)C(=O)Nc1c(C)ccc(N)c1C. The summed E-state index contributed by atoms with van der Waals surface area (Å²) in [6.45, 7) is 7.26. The van der Waals surface area contributed by atoms with Gasteiger partial charge in [-0.25, -0.2) is 0 Å². The van der Waals surface area contributed by atoms with Crippen LogP contribution in [0, 0.1) is 13.8 Å². The van der Waals surface area contributed by atoms with Crippen molar-refractivity contribution in [3.05, 3.63) is 23.3 Å². The Morgan fingerprint density at radius 3 is 2.47 bits per heavy atom. The fraction of sp³-hybridized carbons (Fsp3) is 0.462. The second-order valence-electron chi connectivity index (χ2n) is 4.64. The van der Waals surface area contributed by atoms with Crippen LogP contribution in [-0.4, -0.2) is 18.6 Å². The molecule has 4 nitrogen and oxygen atoms in total. The van der Waals surface area contributed by atoms with Gasteiger partial charge in [0.15, 0.2) is 0 Å². The summed E-state index contributed by atoms with van der Waals surface area (Å²) in [5.41, 5.74) is 8.26. The second-order valence-corrected chi connectivity index (χ2v) is 4.64. The second kappa shape index (κ2) is 4.75. The smallest absolute Gasteiger partial charge is 0.256 e. The van der Waals surface area contributed by atoms with Crippen LogP contribution in [-0.2, 0) is 9.53 Å². The summed E-state index contributed by atoms with van der Waals surface area (Å²) in [6, 6.07) is 3.72. The Balaban J connectivity index is 3.04. The first kappa shape index (κ1) is 13.5. The van der Waals surface area contributed by atoms with Gasteiger partial charge in [0.2, 0.25) is 0 Å². The molecule has 1 aromatic rings. The summed E-state index contributed by atoms with van der Waals surface area (Å²) in [5, 5.41) is 2.87. The van der Waals surface area contributed by atoms with E-state index in [0.29, 0.717) is 5.69 Å². The number of hydrogen-bond acceptors (Lipinski definition) is 3. The largest absolute Gasteiger partial charge is 0.398 e. The molecule has 3 N–H and O–H groups in total. The first-order valence-corrected chi connectivity index (χ1v) is 5.52. The highest BCUT2D eigenvalue weighted by atomic mass is 16.5. The predicted octanol–water partition coefficient (Wildman–Crippen LogP) is 2.25. The van der Waals surface area contributed by atoms with Crippen molar-refractivity contribution in [1.82, 2.24) is 0 Å². The Morgan fingerprint density at radius 1 is 1.35 bits per heavy atom. The van der Waals surface area contributed by atoms with E-state index < -0.39 is 5.60 Å². The molecule has 0 aliphatic carbocycles. The van der Waals surface area contributed by atoms with Gasteiger partial charge in [0, 0.05) is 18.5 Å². The maximum absolute atomic E-state index is 12.0. The van der Waals surface area contributed by atoms with Crippen molar-refractivity contribution in [3.63, 3.8) is 0 Å². The number of aryl methyl sites for hydroxylation is 1. The molecule has 94 valence electrons. The molecule has 0 unspecified atom stereocenters. The topological polar surface area (TPSA) is 64.3 Å². The molecular formula is C13H20N2O2. The predicted molar refractivity (Wildman–Crippen MR) is 70.0 cm³/mol. The van der Waals surface area contributed by atoms with Gasteiger partial charge in [-0.2, -0.15) is 0 Å². The third kappa shape index (κ3) is 2.77. The van der Waals surface area contributed by atoms with Gasteiger partial charge in [0.25, 0.3) is 5.91 Å². The molecule has 0 fully saturated rings. The fourth-order valence-electron chi connectivity index (χ4n) is 1.41. The lowest BCUT2D eigenvalue weighted by Crippen LogP contribution is -2.39. The van der Waals surface area contributed by atoms with E-state index in [9.17, 15) is 4.79 Å². The van der Waals surface area contributed by atoms with Crippen molar-refractivity contribution in [2.45, 2.75) is 33.3 Å². The number of rotatable bonds is 3. The number of nitrogens with two attached hydrogens (primary N) is 1. The van der Waals surface area contributed by atoms with Crippen molar-refractivity contribution in [2.75, 3.05) is 18.2 Å². The molecule has 17 heavy (non-hydrogen) atoms. The van der Waals surface area contributed by atoms with E-state index in [0.717, 1.165) is 16.8 Å². The molecule has 0 heterocycles. The van der Waals surface area contributed by atoms with E-state index in [1.54, 1.807) is 13.8 Å². The van der Waals surface area contributed by atoms with Gasteiger partial charge in [0.1, 0.15) is 5.60 Å². The van der Waals surface area contributed by atoms with Gasteiger partial charge in [-0.3, -0.25) is 4.79 Å². The minimum atomic E-state index is -0.858. The molecular weight excluding hydrogens is 216 g/mol. The average Bonchev–Trinajstić information content (AvgIpc) is 2.29. The zero-order valence-electron chi connectivity index (χ0n) is 11.0. The molecule has 0 aliphatic heterocycles. The molecule has 0 atom stereocenters. The molecule has 4 heteroatoms. The quantitative estimate of drug-likeness (QED) is 0.791. The number of amides is 1. The summed E-state index contributed by atoms with van der Waals surface area (Å²) < 4.78 is 5.14. The molecule has 1 amide bonds. The Kier molecular flexibility index (Phi) is 3.78. The van der Waals surface area contributed by atoms with Crippen LogP contribution < -0.4 is 11.1 Å². The minimum absolute atomic E-state index is 0.184. The van der Waals surface area contributed by atoms with Crippen LogP contribution in [0.3, 0.4) is 0 Å². The third-order valence-electron chi connectivity index (χ3n) is 3.01. The van der Waals surface area contributed by atoms with Crippen molar-refractivity contribution in [2.24, 2.45) is 0 Å². The van der Waals surface area contributed by atoms with Crippen LogP contribution in [0.2, 0.25) is 0 Å². The van der Waals surface area contributed by atoms with E-state index >= 15 is 0 Å². The number of hydrogen-bond donors (Lipinski definition) is 2. The summed E-state index contributed by atoms with van der Waals surface area (Å²) in [6.07, 6.45) is 0. The van der Waals surface area contributed by atoms with Crippen LogP contribution in [0.1, 0.15) is 25.0 Å². The molecule has 0 radical (unpaired) electrons. The number of nitrogens with one attached hydrogen (secondary N) is 1. The molecule has 0 aliphatic rings. The van der Waals surface area contributed by atoms with Crippen molar-refractivity contribution >= 4 is 17.3 Å². The normalized spacial score (nSPS) is 11.4. The average molecular weight is 236 g/mol. The molecule has 0 saturated carbocycles. The highest BCUT2D eigenvalue weighted by Crippen LogP contribution is 2.26. The van der Waals surface area contributed by atoms with Gasteiger partial charge < -0.3 is 15.8 Å². The van der Waals surface area contributed by atoms with Gasteiger partial charge >= 0.3 is 0 Å². The number of carbonyl (C=O) groups is 1. The maximum Gasteiger partial charge on any atom is 0.256 e. The lowest BCUT2D eigenvalue weighted by Gasteiger charge is -2.23. The molecule has 1 aromatic carbocycles. The number of anilines is 2. The van der Waals surface area contributed by atoms with E-state index in [1.807, 2.05) is 26.0 Å². The van der Waals surface area contributed by atoms with Gasteiger partial charge in [0.05, 0.1) is 0 Å². The van der Waals surface area contributed by atoms with E-state index in [2.05, 4.69) is 5.32 Å². The van der Waals surface area contributed by atoms with E-state index in [1.165, 1.54) is 7.11 Å². The number of methoxy groups -OCH3 is 1. The molecule has 1 rings (SSSR count). The molecule has 0 aromatic heterocycles. The van der Waals surface area contributed by atoms with Crippen molar-refractivity contribution in [1.29, 1.82) is 0 Å². The Hall–Kier alpha value is -1.55. The number of nitrogen functional groups attached to an aromatic ring is 1. The number of carbonyl (C=O) groups excluding carboxylic acids is 1. The number of benzene rings is 1. The lowest BCUT2D eigenvalue weighted by molar-refractivity contribution is -0.133. The highest BCUT2D eigenvalue weighted by Gasteiger charge is 2.27. The Morgan fingerprint density at radius 2 is 1.94 bits per heavy atom. The first-order chi connectivity index (χ1) is 7.79. The maximum atomic E-state index is 12.0. The van der Waals surface area contributed by atoms with Gasteiger partial charge in [-0.05, 0) is 44.9 Å². The van der Waals surface area contributed by atoms with Crippen LogP contribution in [0.5, 0.6) is 0 Å². The summed E-state index contributed by atoms with van der Waals surface area (Å²) >= 11 is 0. The summed E-state index contributed by atoms with van der Waals surface area (Å²) in [7, 11) is 1.51. The Labute approximate surface area is 102 Å². The van der Waals surface area contributed by atoms with Crippen LogP contribution >= 0.6 is 0 Å². The lowest BCUT2D eigenvalue weighted by atomic mass is 10.0. The van der Waals surface area contributed by atoms with Crippen molar-refractivity contribution in [3.8, 4) is 0 Å². The fourth-order valence-corrected chi connectivity index (χ4v) is 1.41. The molecule has 0 spiro atoms. The third-order valence-corrected chi connectivity index (χ3v) is 3.01. The van der Waals surface area contributed by atoms with Crippen LogP contribution in [0.15, 0.2) is 12.1 Å². The highest BCUT2D eigenvalue weighted by molar-refractivity contribution is 5.98. The van der Waals surface area contributed by atoms with Gasteiger partial charge in [-0.15, -0.1) is 0 Å². The summed E-state index contributed by atoms with van der Waals surface area (Å²) in [4.78, 5) is 12.0. The van der Waals surface area contributed by atoms with Crippen LogP contribution in [0.25, 0.3) is 0 Å². The first-order valence-electron chi connectivity index (χ1n) is 5.52.